The molecular formula is C22H19N5O6S2. The molecule has 0 saturated carbocycles. The molecule has 0 spiro atoms. The summed E-state index contributed by atoms with van der Waals surface area (Å²) in [5, 5.41) is 13.8. The van der Waals surface area contributed by atoms with E-state index in [0.29, 0.717) is 11.1 Å². The summed E-state index contributed by atoms with van der Waals surface area (Å²) >= 11 is 0.880. The first kappa shape index (κ1) is 24.2. The van der Waals surface area contributed by atoms with Crippen LogP contribution in [0.25, 0.3) is 11.0 Å². The minimum absolute atomic E-state index is 0.0223. The van der Waals surface area contributed by atoms with Crippen molar-refractivity contribution in [2.24, 2.45) is 0 Å². The van der Waals surface area contributed by atoms with Gasteiger partial charge in [0, 0.05) is 12.1 Å². The van der Waals surface area contributed by atoms with Crippen LogP contribution in [0.5, 0.6) is 5.75 Å². The second-order valence-electron chi connectivity index (χ2n) is 7.38. The normalized spacial score (nSPS) is 12.3. The minimum atomic E-state index is -4.20. The van der Waals surface area contributed by atoms with E-state index in [9.17, 15) is 23.3 Å². The number of aromatic nitrogens is 2. The molecule has 1 amide bonds. The van der Waals surface area contributed by atoms with E-state index in [0.717, 1.165) is 17.8 Å². The van der Waals surface area contributed by atoms with Crippen LogP contribution in [0.2, 0.25) is 0 Å². The van der Waals surface area contributed by atoms with E-state index < -0.39 is 26.9 Å². The predicted octanol–water partition coefficient (Wildman–Crippen LogP) is 3.14. The molecule has 2 N–H and O–H groups in total. The summed E-state index contributed by atoms with van der Waals surface area (Å²) in [4.78, 5) is 23.8. The number of carbonyl (C=O) groups excluding carboxylic acids is 1. The summed E-state index contributed by atoms with van der Waals surface area (Å²) < 4.78 is 42.4. The van der Waals surface area contributed by atoms with E-state index in [4.69, 9.17) is 4.74 Å². The highest BCUT2D eigenvalue weighted by Gasteiger charge is 2.29. The van der Waals surface area contributed by atoms with E-state index in [1.54, 1.807) is 42.5 Å². The third kappa shape index (κ3) is 5.42. The Morgan fingerprint density at radius 3 is 2.60 bits per heavy atom. The number of anilines is 1. The number of hydrogen-bond donors (Lipinski definition) is 2. The second kappa shape index (κ2) is 10.1. The van der Waals surface area contributed by atoms with Crippen LogP contribution in [0.1, 0.15) is 5.56 Å². The number of ether oxygens (including phenoxy) is 1. The van der Waals surface area contributed by atoms with Gasteiger partial charge in [0.1, 0.15) is 27.7 Å². The van der Waals surface area contributed by atoms with E-state index in [1.165, 1.54) is 25.3 Å². The molecule has 13 heteroatoms. The molecule has 180 valence electrons. The number of sulfonamides is 1. The fourth-order valence-corrected chi connectivity index (χ4v) is 5.38. The van der Waals surface area contributed by atoms with E-state index in [1.807, 2.05) is 0 Å². The van der Waals surface area contributed by atoms with Crippen molar-refractivity contribution in [1.82, 2.24) is 13.5 Å². The summed E-state index contributed by atoms with van der Waals surface area (Å²) in [7, 11) is -2.85. The van der Waals surface area contributed by atoms with E-state index in [-0.39, 0.29) is 34.0 Å². The molecule has 11 nitrogen and oxygen atoms in total. The summed E-state index contributed by atoms with van der Waals surface area (Å²) in [6, 6.07) is 15.9. The number of fused-ring (bicyclic) bond motifs is 1. The zero-order valence-electron chi connectivity index (χ0n) is 18.2. The Morgan fingerprint density at radius 1 is 1.11 bits per heavy atom. The fourth-order valence-electron chi connectivity index (χ4n) is 3.41. The molecule has 35 heavy (non-hydrogen) atoms. The van der Waals surface area contributed by atoms with Gasteiger partial charge in [-0.15, -0.1) is 0 Å². The van der Waals surface area contributed by atoms with E-state index >= 15 is 0 Å². The molecule has 0 aliphatic heterocycles. The molecule has 1 heterocycles. The summed E-state index contributed by atoms with van der Waals surface area (Å²) in [5.41, 5.74) is 1.10. The van der Waals surface area contributed by atoms with Gasteiger partial charge in [-0.3, -0.25) is 14.9 Å². The number of non-ortho nitro benzene ring substituents is 1. The molecule has 1 atom stereocenters. The van der Waals surface area contributed by atoms with Crippen LogP contribution < -0.4 is 14.8 Å². The van der Waals surface area contributed by atoms with Crippen LogP contribution in [0.3, 0.4) is 0 Å². The first-order valence-corrected chi connectivity index (χ1v) is 12.4. The SMILES string of the molecule is COc1ccc([N+](=O)[O-])cc1NC(=O)[C@H](Cc1ccccc1)NS(=O)(=O)c1cccc2nsnc12. The Labute approximate surface area is 204 Å². The molecule has 0 unspecified atom stereocenters. The molecule has 0 aliphatic carbocycles. The maximum absolute atomic E-state index is 13.3. The number of benzene rings is 3. The van der Waals surface area contributed by atoms with Crippen molar-refractivity contribution in [2.45, 2.75) is 17.4 Å². The van der Waals surface area contributed by atoms with Gasteiger partial charge in [0.15, 0.2) is 0 Å². The first-order valence-electron chi connectivity index (χ1n) is 10.2. The summed E-state index contributed by atoms with van der Waals surface area (Å²) in [5.74, 6) is -0.539. The lowest BCUT2D eigenvalue weighted by atomic mass is 10.1. The molecule has 0 fully saturated rings. The van der Waals surface area contributed by atoms with Gasteiger partial charge < -0.3 is 10.1 Å². The lowest BCUT2D eigenvalue weighted by Crippen LogP contribution is -2.45. The number of amides is 1. The quantitative estimate of drug-likeness (QED) is 0.256. The van der Waals surface area contributed by atoms with Gasteiger partial charge in [-0.1, -0.05) is 36.4 Å². The van der Waals surface area contributed by atoms with Crippen molar-refractivity contribution in [3.05, 3.63) is 82.4 Å². The highest BCUT2D eigenvalue weighted by molar-refractivity contribution is 7.89. The number of nitro groups is 1. The second-order valence-corrected chi connectivity index (χ2v) is 9.59. The molecule has 0 saturated heterocycles. The Hall–Kier alpha value is -3.94. The lowest BCUT2D eigenvalue weighted by Gasteiger charge is -2.19. The zero-order chi connectivity index (χ0) is 25.0. The Balaban J connectivity index is 1.68. The highest BCUT2D eigenvalue weighted by atomic mass is 32.2. The summed E-state index contributed by atoms with van der Waals surface area (Å²) in [6.45, 7) is 0. The molecule has 4 aromatic rings. The average Bonchev–Trinajstić information content (AvgIpc) is 3.33. The number of carbonyl (C=O) groups is 1. The van der Waals surface area contributed by atoms with Crippen LogP contribution in [0.15, 0.2) is 71.6 Å². The smallest absolute Gasteiger partial charge is 0.271 e. The Bertz CT molecular complexity index is 1490. The minimum Gasteiger partial charge on any atom is -0.495 e. The monoisotopic (exact) mass is 513 g/mol. The maximum atomic E-state index is 13.3. The number of nitro benzene ring substituents is 1. The van der Waals surface area contributed by atoms with Crippen molar-refractivity contribution >= 4 is 50.1 Å². The standard InChI is InChI=1S/C22H19N5O6S2/c1-33-19-11-10-15(27(29)30)13-17(19)23-22(28)18(12-14-6-3-2-4-7-14)26-35(31,32)20-9-5-8-16-21(20)25-34-24-16/h2-11,13,18,26H,12H2,1H3,(H,23,28)/t18-/m0/s1. The molecular weight excluding hydrogens is 494 g/mol. The van der Waals surface area contributed by atoms with Gasteiger partial charge >= 0.3 is 0 Å². The van der Waals surface area contributed by atoms with Crippen LogP contribution in [-0.4, -0.2) is 41.1 Å². The van der Waals surface area contributed by atoms with Gasteiger partial charge in [-0.2, -0.15) is 13.5 Å². The largest absolute Gasteiger partial charge is 0.495 e. The van der Waals surface area contributed by atoms with Crippen molar-refractivity contribution in [3.8, 4) is 5.75 Å². The number of methoxy groups -OCH3 is 1. The van der Waals surface area contributed by atoms with Crippen LogP contribution in [0.4, 0.5) is 11.4 Å². The molecule has 0 radical (unpaired) electrons. The van der Waals surface area contributed by atoms with Gasteiger partial charge in [0.2, 0.25) is 15.9 Å². The molecule has 0 bridgehead atoms. The van der Waals surface area contributed by atoms with Gasteiger partial charge in [0.05, 0.1) is 29.4 Å². The van der Waals surface area contributed by atoms with Gasteiger partial charge in [-0.25, -0.2) is 8.42 Å². The van der Waals surface area contributed by atoms with Crippen molar-refractivity contribution in [1.29, 1.82) is 0 Å². The maximum Gasteiger partial charge on any atom is 0.271 e. The molecule has 4 rings (SSSR count). The van der Waals surface area contributed by atoms with Gasteiger partial charge in [-0.05, 0) is 30.2 Å². The average molecular weight is 514 g/mol. The number of nitrogens with zero attached hydrogens (tertiary/aromatic N) is 3. The predicted molar refractivity (Wildman–Crippen MR) is 130 cm³/mol. The van der Waals surface area contributed by atoms with Crippen LogP contribution in [-0.2, 0) is 21.2 Å². The van der Waals surface area contributed by atoms with Crippen LogP contribution in [0, 0.1) is 10.1 Å². The van der Waals surface area contributed by atoms with Crippen molar-refractivity contribution in [2.75, 3.05) is 12.4 Å². The van der Waals surface area contributed by atoms with E-state index in [2.05, 4.69) is 18.8 Å². The third-order valence-corrected chi connectivity index (χ3v) is 7.13. The van der Waals surface area contributed by atoms with Crippen molar-refractivity contribution < 1.29 is 22.9 Å². The van der Waals surface area contributed by atoms with Crippen LogP contribution >= 0.6 is 11.7 Å². The molecule has 3 aromatic carbocycles. The molecule has 1 aromatic heterocycles. The topological polar surface area (TPSA) is 153 Å². The Kier molecular flexibility index (Phi) is 7.00. The Morgan fingerprint density at radius 2 is 1.89 bits per heavy atom. The number of rotatable bonds is 9. The zero-order valence-corrected chi connectivity index (χ0v) is 19.9. The lowest BCUT2D eigenvalue weighted by molar-refractivity contribution is -0.384. The number of hydrogen-bond acceptors (Lipinski definition) is 9. The summed E-state index contributed by atoms with van der Waals surface area (Å²) in [6.07, 6.45) is 0.0223. The van der Waals surface area contributed by atoms with Crippen molar-refractivity contribution in [3.63, 3.8) is 0 Å². The third-order valence-electron chi connectivity index (χ3n) is 5.09. The van der Waals surface area contributed by atoms with Gasteiger partial charge in [0.25, 0.3) is 5.69 Å². The highest BCUT2D eigenvalue weighted by Crippen LogP contribution is 2.29. The number of nitrogens with one attached hydrogen (secondary N) is 2. The fraction of sp³-hybridized carbons (Fsp3) is 0.136. The molecule has 0 aliphatic rings. The first-order chi connectivity index (χ1) is 16.8.